The van der Waals surface area contributed by atoms with Crippen LogP contribution < -0.4 is 0 Å². The van der Waals surface area contributed by atoms with E-state index in [1.807, 2.05) is 44.2 Å². The van der Waals surface area contributed by atoms with E-state index in [1.165, 1.54) is 13.0 Å². The molecule has 0 heterocycles. The number of benzene rings is 2. The van der Waals surface area contributed by atoms with Crippen LogP contribution in [0.3, 0.4) is 0 Å². The van der Waals surface area contributed by atoms with Crippen molar-refractivity contribution in [3.05, 3.63) is 65.5 Å². The average molecular weight is 359 g/mol. The zero-order valence-electron chi connectivity index (χ0n) is 14.7. The van der Waals surface area contributed by atoms with Crippen LogP contribution in [0, 0.1) is 5.82 Å². The number of halogens is 1. The second-order valence-corrected chi connectivity index (χ2v) is 7.11. The third-order valence-electron chi connectivity index (χ3n) is 3.83. The zero-order chi connectivity index (χ0) is 18.4. The number of carbonyl (C=O) groups is 2. The SMILES string of the molecule is CC(=O)c1ccc(SCC(=O)N(Cc2ccccc2)C(C)C)c(F)c1. The standard InChI is InChI=1S/C20H22FNO2S/c1-14(2)22(12-16-7-5-4-6-8-16)20(24)13-25-19-10-9-17(15(3)23)11-18(19)21/h4-11,14H,12-13H2,1-3H3. The molecule has 132 valence electrons. The van der Waals surface area contributed by atoms with Crippen LogP contribution in [0.4, 0.5) is 4.39 Å². The number of hydrogen-bond acceptors (Lipinski definition) is 3. The lowest BCUT2D eigenvalue weighted by atomic mass is 10.1. The van der Waals surface area contributed by atoms with Crippen LogP contribution in [0.5, 0.6) is 0 Å². The summed E-state index contributed by atoms with van der Waals surface area (Å²) in [5, 5.41) is 0. The number of carbonyl (C=O) groups excluding carboxylic acids is 2. The lowest BCUT2D eigenvalue weighted by molar-refractivity contribution is -0.130. The molecule has 0 radical (unpaired) electrons. The molecule has 25 heavy (non-hydrogen) atoms. The number of hydrogen-bond donors (Lipinski definition) is 0. The number of amides is 1. The van der Waals surface area contributed by atoms with E-state index in [0.29, 0.717) is 17.0 Å². The molecule has 0 bridgehead atoms. The Hall–Kier alpha value is -2.14. The van der Waals surface area contributed by atoms with E-state index in [0.717, 1.165) is 17.3 Å². The lowest BCUT2D eigenvalue weighted by Crippen LogP contribution is -2.37. The van der Waals surface area contributed by atoms with E-state index in [4.69, 9.17) is 0 Å². The summed E-state index contributed by atoms with van der Waals surface area (Å²) in [6.07, 6.45) is 0. The summed E-state index contributed by atoms with van der Waals surface area (Å²) in [4.78, 5) is 26.0. The number of nitrogens with zero attached hydrogens (tertiary/aromatic N) is 1. The largest absolute Gasteiger partial charge is 0.335 e. The van der Waals surface area contributed by atoms with Crippen LogP contribution in [0.1, 0.15) is 36.7 Å². The van der Waals surface area contributed by atoms with Gasteiger partial charge in [0.1, 0.15) is 5.82 Å². The maximum Gasteiger partial charge on any atom is 0.233 e. The van der Waals surface area contributed by atoms with Crippen molar-refractivity contribution in [1.29, 1.82) is 0 Å². The minimum atomic E-state index is -0.468. The summed E-state index contributed by atoms with van der Waals surface area (Å²) in [5.41, 5.74) is 1.40. The molecule has 3 nitrogen and oxygen atoms in total. The Morgan fingerprint density at radius 3 is 2.36 bits per heavy atom. The molecule has 0 spiro atoms. The van der Waals surface area contributed by atoms with Crippen molar-refractivity contribution < 1.29 is 14.0 Å². The Morgan fingerprint density at radius 2 is 1.80 bits per heavy atom. The normalized spacial score (nSPS) is 10.8. The highest BCUT2D eigenvalue weighted by Crippen LogP contribution is 2.24. The van der Waals surface area contributed by atoms with Gasteiger partial charge in [-0.2, -0.15) is 0 Å². The fourth-order valence-corrected chi connectivity index (χ4v) is 3.20. The van der Waals surface area contributed by atoms with Gasteiger partial charge in [0.2, 0.25) is 5.91 Å². The van der Waals surface area contributed by atoms with E-state index in [1.54, 1.807) is 17.0 Å². The van der Waals surface area contributed by atoms with Gasteiger partial charge in [-0.3, -0.25) is 9.59 Å². The molecule has 0 unspecified atom stereocenters. The van der Waals surface area contributed by atoms with Crippen LogP contribution >= 0.6 is 11.8 Å². The average Bonchev–Trinajstić information content (AvgIpc) is 2.58. The van der Waals surface area contributed by atoms with Crippen LogP contribution in [0.15, 0.2) is 53.4 Å². The molecule has 2 rings (SSSR count). The molecule has 0 aliphatic heterocycles. The Bertz CT molecular complexity index is 747. The van der Waals surface area contributed by atoms with Gasteiger partial charge in [0.15, 0.2) is 5.78 Å². The minimum absolute atomic E-state index is 0.0427. The highest BCUT2D eigenvalue weighted by molar-refractivity contribution is 8.00. The lowest BCUT2D eigenvalue weighted by Gasteiger charge is -2.27. The molecule has 0 saturated carbocycles. The second-order valence-electron chi connectivity index (χ2n) is 6.09. The molecule has 1 amide bonds. The monoisotopic (exact) mass is 359 g/mol. The first-order valence-electron chi connectivity index (χ1n) is 8.15. The van der Waals surface area contributed by atoms with Crippen molar-refractivity contribution in [1.82, 2.24) is 4.90 Å². The Balaban J connectivity index is 2.03. The van der Waals surface area contributed by atoms with Gasteiger partial charge >= 0.3 is 0 Å². The summed E-state index contributed by atoms with van der Waals surface area (Å²) in [5.74, 6) is -0.537. The van der Waals surface area contributed by atoms with Crippen LogP contribution in [0.2, 0.25) is 0 Å². The quantitative estimate of drug-likeness (QED) is 0.537. The third-order valence-corrected chi connectivity index (χ3v) is 4.86. The molecule has 2 aromatic carbocycles. The van der Waals surface area contributed by atoms with Gasteiger partial charge in [0, 0.05) is 23.0 Å². The van der Waals surface area contributed by atoms with E-state index in [2.05, 4.69) is 0 Å². The van der Waals surface area contributed by atoms with Crippen molar-refractivity contribution >= 4 is 23.5 Å². The van der Waals surface area contributed by atoms with Crippen molar-refractivity contribution in [2.24, 2.45) is 0 Å². The first-order chi connectivity index (χ1) is 11.9. The highest BCUT2D eigenvalue weighted by atomic mass is 32.2. The van der Waals surface area contributed by atoms with E-state index in [9.17, 15) is 14.0 Å². The molecule has 0 saturated heterocycles. The molecular formula is C20H22FNO2S. The van der Waals surface area contributed by atoms with Crippen molar-refractivity contribution in [3.8, 4) is 0 Å². The van der Waals surface area contributed by atoms with Crippen molar-refractivity contribution in [3.63, 3.8) is 0 Å². The van der Waals surface area contributed by atoms with Gasteiger partial charge in [-0.25, -0.2) is 4.39 Å². The molecule has 2 aromatic rings. The highest BCUT2D eigenvalue weighted by Gasteiger charge is 2.18. The van der Waals surface area contributed by atoms with Crippen molar-refractivity contribution in [2.45, 2.75) is 38.3 Å². The van der Waals surface area contributed by atoms with Crippen LogP contribution in [-0.2, 0) is 11.3 Å². The minimum Gasteiger partial charge on any atom is -0.335 e. The first-order valence-corrected chi connectivity index (χ1v) is 9.13. The van der Waals surface area contributed by atoms with Gasteiger partial charge in [-0.1, -0.05) is 36.4 Å². The Kier molecular flexibility index (Phi) is 6.76. The molecular weight excluding hydrogens is 337 g/mol. The molecule has 0 fully saturated rings. The van der Waals surface area contributed by atoms with Crippen LogP contribution in [0.25, 0.3) is 0 Å². The number of rotatable bonds is 7. The van der Waals surface area contributed by atoms with Crippen molar-refractivity contribution in [2.75, 3.05) is 5.75 Å². The van der Waals surface area contributed by atoms with E-state index < -0.39 is 5.82 Å². The summed E-state index contributed by atoms with van der Waals surface area (Å²) >= 11 is 1.15. The van der Waals surface area contributed by atoms with Gasteiger partial charge in [-0.05, 0) is 38.5 Å². The summed E-state index contributed by atoms with van der Waals surface area (Å²) < 4.78 is 14.1. The van der Waals surface area contributed by atoms with Crippen LogP contribution in [-0.4, -0.2) is 28.4 Å². The molecule has 0 aliphatic carbocycles. The molecule has 0 atom stereocenters. The number of ketones is 1. The molecule has 0 aliphatic rings. The summed E-state index contributed by atoms with van der Waals surface area (Å²) in [7, 11) is 0. The fraction of sp³-hybridized carbons (Fsp3) is 0.300. The number of thioether (sulfide) groups is 1. The summed E-state index contributed by atoms with van der Waals surface area (Å²) in [6.45, 7) is 5.86. The Labute approximate surface area is 152 Å². The van der Waals surface area contributed by atoms with Gasteiger partial charge in [0.25, 0.3) is 0 Å². The smallest absolute Gasteiger partial charge is 0.233 e. The number of Topliss-reactive ketones (excluding diaryl/α,β-unsaturated/α-hetero) is 1. The first kappa shape index (κ1) is 19.2. The molecule has 0 aromatic heterocycles. The third kappa shape index (κ3) is 5.43. The predicted octanol–water partition coefficient (Wildman–Crippen LogP) is 4.56. The predicted molar refractivity (Wildman–Crippen MR) is 99.3 cm³/mol. The Morgan fingerprint density at radius 1 is 1.12 bits per heavy atom. The van der Waals surface area contributed by atoms with Gasteiger partial charge in [0.05, 0.1) is 5.75 Å². The maximum atomic E-state index is 14.1. The van der Waals surface area contributed by atoms with Gasteiger partial charge in [-0.15, -0.1) is 11.8 Å². The molecule has 5 heteroatoms. The van der Waals surface area contributed by atoms with E-state index >= 15 is 0 Å². The summed E-state index contributed by atoms with van der Waals surface area (Å²) in [6, 6.07) is 14.2. The fourth-order valence-electron chi connectivity index (χ4n) is 2.40. The molecule has 0 N–H and O–H groups in total. The van der Waals surface area contributed by atoms with Gasteiger partial charge < -0.3 is 4.90 Å². The maximum absolute atomic E-state index is 14.1. The second kappa shape index (κ2) is 8.81. The van der Waals surface area contributed by atoms with E-state index in [-0.39, 0.29) is 23.5 Å². The topological polar surface area (TPSA) is 37.4 Å². The zero-order valence-corrected chi connectivity index (χ0v) is 15.5.